The number of para-hydroxylation sites is 1. The molecule has 1 atom stereocenters. The Morgan fingerprint density at radius 1 is 1.29 bits per heavy atom. The number of nitrogens with two attached hydrogens (primary N) is 1. The molecule has 0 spiro atoms. The predicted octanol–water partition coefficient (Wildman–Crippen LogP) is 3.55. The van der Waals surface area contributed by atoms with Gasteiger partial charge in [-0.15, -0.1) is 11.3 Å². The Bertz CT molecular complexity index is 805. The van der Waals surface area contributed by atoms with Crippen LogP contribution in [0.25, 0.3) is 21.0 Å². The molecule has 0 aliphatic heterocycles. The van der Waals surface area contributed by atoms with Gasteiger partial charge in [0.15, 0.2) is 10.8 Å². The molecule has 0 saturated heterocycles. The zero-order chi connectivity index (χ0) is 17.1. The Morgan fingerprint density at radius 2 is 2.08 bits per heavy atom. The van der Waals surface area contributed by atoms with Crippen LogP contribution in [-0.4, -0.2) is 16.9 Å². The fourth-order valence-electron chi connectivity index (χ4n) is 2.49. The summed E-state index contributed by atoms with van der Waals surface area (Å²) in [6, 6.07) is 11.2. The largest absolute Gasteiger partial charge is 0.457 e. The van der Waals surface area contributed by atoms with Crippen LogP contribution in [0.15, 0.2) is 40.8 Å². The van der Waals surface area contributed by atoms with Crippen molar-refractivity contribution in [3.8, 4) is 10.8 Å². The summed E-state index contributed by atoms with van der Waals surface area (Å²) < 4.78 is 6.93. The van der Waals surface area contributed by atoms with E-state index in [2.05, 4.69) is 10.3 Å². The van der Waals surface area contributed by atoms with Gasteiger partial charge in [-0.05, 0) is 36.6 Å². The zero-order valence-electron chi connectivity index (χ0n) is 13.8. The van der Waals surface area contributed by atoms with Crippen LogP contribution in [0.4, 0.5) is 0 Å². The molecule has 0 bridgehead atoms. The van der Waals surface area contributed by atoms with E-state index in [9.17, 15) is 4.79 Å². The number of hydrogen-bond acceptors (Lipinski definition) is 5. The number of carbonyl (C=O) groups is 1. The fourth-order valence-corrected chi connectivity index (χ4v) is 3.41. The van der Waals surface area contributed by atoms with Gasteiger partial charge in [0.05, 0.1) is 22.8 Å². The van der Waals surface area contributed by atoms with Crippen LogP contribution in [0.2, 0.25) is 0 Å². The van der Waals surface area contributed by atoms with E-state index in [1.54, 1.807) is 11.3 Å². The Balaban J connectivity index is 1.64. The van der Waals surface area contributed by atoms with Gasteiger partial charge in [-0.1, -0.05) is 26.0 Å². The second-order valence-corrected chi connectivity index (χ2v) is 7.24. The summed E-state index contributed by atoms with van der Waals surface area (Å²) in [4.78, 5) is 16.5. The third-order valence-electron chi connectivity index (χ3n) is 3.67. The second kappa shape index (κ2) is 7.15. The Morgan fingerprint density at radius 3 is 2.83 bits per heavy atom. The Kier molecular flexibility index (Phi) is 4.97. The molecule has 0 saturated carbocycles. The number of benzene rings is 1. The summed E-state index contributed by atoms with van der Waals surface area (Å²) in [7, 11) is 0. The van der Waals surface area contributed by atoms with Crippen molar-refractivity contribution >= 4 is 27.5 Å². The second-order valence-electron chi connectivity index (χ2n) is 6.21. The van der Waals surface area contributed by atoms with Crippen molar-refractivity contribution in [3.63, 3.8) is 0 Å². The van der Waals surface area contributed by atoms with E-state index >= 15 is 0 Å². The van der Waals surface area contributed by atoms with E-state index in [-0.39, 0.29) is 5.91 Å². The normalized spacial score (nSPS) is 12.7. The molecule has 5 nitrogen and oxygen atoms in total. The summed E-state index contributed by atoms with van der Waals surface area (Å²) in [5.41, 5.74) is 6.83. The minimum absolute atomic E-state index is 0.151. The maximum Gasteiger partial charge on any atom is 0.237 e. The average Bonchev–Trinajstić information content (AvgIpc) is 3.18. The fraction of sp³-hybridized carbons (Fsp3) is 0.333. The topological polar surface area (TPSA) is 81.2 Å². The highest BCUT2D eigenvalue weighted by atomic mass is 32.1. The average molecular weight is 343 g/mol. The van der Waals surface area contributed by atoms with Crippen LogP contribution < -0.4 is 11.1 Å². The van der Waals surface area contributed by atoms with Crippen molar-refractivity contribution < 1.29 is 9.21 Å². The number of furan rings is 1. The maximum absolute atomic E-state index is 12.0. The number of carbonyl (C=O) groups excluding carboxylic acids is 1. The molecule has 3 aromatic rings. The number of rotatable bonds is 6. The number of nitrogens with zero attached hydrogens (tertiary/aromatic N) is 1. The molecule has 3 N–H and O–H groups in total. The van der Waals surface area contributed by atoms with Crippen molar-refractivity contribution in [1.82, 2.24) is 10.3 Å². The van der Waals surface area contributed by atoms with Crippen molar-refractivity contribution in [2.75, 3.05) is 0 Å². The lowest BCUT2D eigenvalue weighted by molar-refractivity contribution is -0.122. The van der Waals surface area contributed by atoms with Gasteiger partial charge in [-0.3, -0.25) is 4.79 Å². The third kappa shape index (κ3) is 3.83. The highest BCUT2D eigenvalue weighted by molar-refractivity contribution is 7.21. The molecule has 126 valence electrons. The minimum atomic E-state index is -0.483. The van der Waals surface area contributed by atoms with Crippen molar-refractivity contribution in [2.45, 2.75) is 32.9 Å². The first-order valence-electron chi connectivity index (χ1n) is 8.01. The quantitative estimate of drug-likeness (QED) is 0.717. The summed E-state index contributed by atoms with van der Waals surface area (Å²) in [5, 5.41) is 3.66. The SMILES string of the molecule is CC(C)C[C@H](N)C(=O)NCc1ccc(-c2nc3ccccc3s2)o1. The van der Waals surface area contributed by atoms with Gasteiger partial charge in [-0.25, -0.2) is 4.98 Å². The molecule has 0 aliphatic rings. The smallest absolute Gasteiger partial charge is 0.237 e. The summed E-state index contributed by atoms with van der Waals surface area (Å²) >= 11 is 1.59. The molecule has 3 rings (SSSR count). The van der Waals surface area contributed by atoms with E-state index < -0.39 is 6.04 Å². The van der Waals surface area contributed by atoms with Gasteiger partial charge >= 0.3 is 0 Å². The van der Waals surface area contributed by atoms with Gasteiger partial charge < -0.3 is 15.5 Å². The van der Waals surface area contributed by atoms with Gasteiger partial charge in [0.25, 0.3) is 0 Å². The number of nitrogens with one attached hydrogen (secondary N) is 1. The molecule has 0 radical (unpaired) electrons. The molecule has 2 aromatic heterocycles. The van der Waals surface area contributed by atoms with Crippen molar-refractivity contribution in [1.29, 1.82) is 0 Å². The molecule has 1 aromatic carbocycles. The van der Waals surface area contributed by atoms with E-state index in [1.165, 1.54) is 0 Å². The molecule has 0 unspecified atom stereocenters. The summed E-state index contributed by atoms with van der Waals surface area (Å²) in [6.07, 6.45) is 0.668. The van der Waals surface area contributed by atoms with E-state index in [0.29, 0.717) is 30.4 Å². The van der Waals surface area contributed by atoms with Gasteiger partial charge in [-0.2, -0.15) is 0 Å². The lowest BCUT2D eigenvalue weighted by Gasteiger charge is -2.13. The monoisotopic (exact) mass is 343 g/mol. The van der Waals surface area contributed by atoms with Gasteiger partial charge in [0.1, 0.15) is 5.76 Å². The van der Waals surface area contributed by atoms with Crippen LogP contribution in [0.5, 0.6) is 0 Å². The number of aromatic nitrogens is 1. The summed E-state index contributed by atoms with van der Waals surface area (Å²) in [6.45, 7) is 4.42. The first kappa shape index (κ1) is 16.7. The minimum Gasteiger partial charge on any atom is -0.457 e. The van der Waals surface area contributed by atoms with Gasteiger partial charge in [0, 0.05) is 0 Å². The lowest BCUT2D eigenvalue weighted by atomic mass is 10.0. The van der Waals surface area contributed by atoms with Crippen molar-refractivity contribution in [2.24, 2.45) is 11.7 Å². The predicted molar refractivity (Wildman–Crippen MR) is 96.6 cm³/mol. The zero-order valence-corrected chi connectivity index (χ0v) is 14.6. The Hall–Kier alpha value is -2.18. The maximum atomic E-state index is 12.0. The Labute approximate surface area is 144 Å². The lowest BCUT2D eigenvalue weighted by Crippen LogP contribution is -2.40. The van der Waals surface area contributed by atoms with E-state index in [0.717, 1.165) is 15.2 Å². The van der Waals surface area contributed by atoms with Crippen LogP contribution in [-0.2, 0) is 11.3 Å². The number of fused-ring (bicyclic) bond motifs is 1. The molecule has 0 aliphatic carbocycles. The highest BCUT2D eigenvalue weighted by Gasteiger charge is 2.16. The van der Waals surface area contributed by atoms with Crippen LogP contribution in [0.3, 0.4) is 0 Å². The number of hydrogen-bond donors (Lipinski definition) is 2. The third-order valence-corrected chi connectivity index (χ3v) is 4.72. The van der Waals surface area contributed by atoms with E-state index in [1.807, 2.05) is 50.2 Å². The molecule has 2 heterocycles. The number of amides is 1. The van der Waals surface area contributed by atoms with Gasteiger partial charge in [0.2, 0.25) is 5.91 Å². The molecule has 6 heteroatoms. The van der Waals surface area contributed by atoms with Crippen molar-refractivity contribution in [3.05, 3.63) is 42.2 Å². The first-order chi connectivity index (χ1) is 11.5. The molecule has 24 heavy (non-hydrogen) atoms. The van der Waals surface area contributed by atoms with Crippen LogP contribution >= 0.6 is 11.3 Å². The standard InChI is InChI=1S/C18H21N3O2S/c1-11(2)9-13(19)17(22)20-10-12-7-8-15(23-12)18-21-14-5-3-4-6-16(14)24-18/h3-8,11,13H,9-10,19H2,1-2H3,(H,20,22)/t13-/m0/s1. The first-order valence-corrected chi connectivity index (χ1v) is 8.82. The molecule has 1 amide bonds. The molecule has 0 fully saturated rings. The summed E-state index contributed by atoms with van der Waals surface area (Å²) in [5.74, 6) is 1.64. The molecular weight excluding hydrogens is 322 g/mol. The molecular formula is C18H21N3O2S. The van der Waals surface area contributed by atoms with Crippen LogP contribution in [0, 0.1) is 5.92 Å². The highest BCUT2D eigenvalue weighted by Crippen LogP contribution is 2.31. The van der Waals surface area contributed by atoms with Crippen LogP contribution in [0.1, 0.15) is 26.0 Å². The number of thiazole rings is 1. The van der Waals surface area contributed by atoms with E-state index in [4.69, 9.17) is 10.2 Å².